The topological polar surface area (TPSA) is 26.0 Å². The van der Waals surface area contributed by atoms with Gasteiger partial charge in [-0.05, 0) is 71.0 Å². The van der Waals surface area contributed by atoms with Gasteiger partial charge in [0.15, 0.2) is 0 Å². The minimum absolute atomic E-state index is 0.281. The van der Waals surface area contributed by atoms with Crippen LogP contribution in [0.25, 0.3) is 0 Å². The molecule has 0 aliphatic heterocycles. The van der Waals surface area contributed by atoms with Gasteiger partial charge in [0, 0.05) is 9.61 Å². The largest absolute Gasteiger partial charge is 0.324 e. The fourth-order valence-corrected chi connectivity index (χ4v) is 3.23. The lowest BCUT2D eigenvalue weighted by Crippen LogP contribution is -2.20. The maximum absolute atomic E-state index is 6.19. The van der Waals surface area contributed by atoms with Crippen LogP contribution in [0.1, 0.15) is 42.5 Å². The summed E-state index contributed by atoms with van der Waals surface area (Å²) in [6.45, 7) is 2.22. The molecule has 14 heavy (non-hydrogen) atoms. The van der Waals surface area contributed by atoms with E-state index < -0.39 is 0 Å². The smallest absolute Gasteiger partial charge is 0.0300 e. The number of aryl methyl sites for hydroxylation is 1. The highest BCUT2D eigenvalue weighted by Gasteiger charge is 2.20. The molecule has 0 bridgehead atoms. The highest BCUT2D eigenvalue weighted by atomic mass is 127. The van der Waals surface area contributed by atoms with E-state index in [0.29, 0.717) is 0 Å². The zero-order chi connectivity index (χ0) is 10.1. The van der Waals surface area contributed by atoms with Crippen molar-refractivity contribution in [1.82, 2.24) is 0 Å². The first-order valence-electron chi connectivity index (χ1n) is 5.29. The number of hydrogen-bond acceptors (Lipinski definition) is 1. The molecule has 0 radical (unpaired) electrons. The SMILES string of the molecule is CCc1c(I)ccc2c1[C@@H](N)CCC2. The molecule has 0 saturated carbocycles. The number of hydrogen-bond donors (Lipinski definition) is 1. The molecule has 1 aliphatic carbocycles. The van der Waals surface area contributed by atoms with Crippen molar-refractivity contribution < 1.29 is 0 Å². The van der Waals surface area contributed by atoms with E-state index in [1.54, 1.807) is 0 Å². The van der Waals surface area contributed by atoms with Crippen LogP contribution in [-0.2, 0) is 12.8 Å². The molecule has 2 heteroatoms. The van der Waals surface area contributed by atoms with E-state index >= 15 is 0 Å². The highest BCUT2D eigenvalue weighted by Crippen LogP contribution is 2.33. The number of nitrogens with two attached hydrogens (primary N) is 1. The van der Waals surface area contributed by atoms with Gasteiger partial charge in [-0.15, -0.1) is 0 Å². The van der Waals surface area contributed by atoms with E-state index in [1.165, 1.54) is 33.1 Å². The van der Waals surface area contributed by atoms with Crippen molar-refractivity contribution in [3.63, 3.8) is 0 Å². The third-order valence-corrected chi connectivity index (χ3v) is 4.09. The molecule has 1 aromatic carbocycles. The van der Waals surface area contributed by atoms with Gasteiger partial charge in [-0.25, -0.2) is 0 Å². The van der Waals surface area contributed by atoms with E-state index in [9.17, 15) is 0 Å². The lowest BCUT2D eigenvalue weighted by Gasteiger charge is -2.25. The third-order valence-electron chi connectivity index (χ3n) is 3.08. The second-order valence-electron chi connectivity index (χ2n) is 3.95. The Labute approximate surface area is 99.2 Å². The van der Waals surface area contributed by atoms with Gasteiger partial charge in [0.05, 0.1) is 0 Å². The summed E-state index contributed by atoms with van der Waals surface area (Å²) in [7, 11) is 0. The van der Waals surface area contributed by atoms with Crippen LogP contribution in [0.2, 0.25) is 0 Å². The summed E-state index contributed by atoms with van der Waals surface area (Å²) in [4.78, 5) is 0. The molecule has 1 aromatic rings. The summed E-state index contributed by atoms with van der Waals surface area (Å²) in [5, 5.41) is 0. The van der Waals surface area contributed by atoms with Gasteiger partial charge in [-0.2, -0.15) is 0 Å². The lowest BCUT2D eigenvalue weighted by molar-refractivity contribution is 0.564. The van der Waals surface area contributed by atoms with Crippen molar-refractivity contribution in [3.8, 4) is 0 Å². The van der Waals surface area contributed by atoms with Gasteiger partial charge in [-0.1, -0.05) is 13.0 Å². The molecule has 0 spiro atoms. The number of halogens is 1. The average molecular weight is 301 g/mol. The summed E-state index contributed by atoms with van der Waals surface area (Å²) in [5.74, 6) is 0. The Bertz CT molecular complexity index is 346. The van der Waals surface area contributed by atoms with Gasteiger partial charge in [0.1, 0.15) is 0 Å². The summed E-state index contributed by atoms with van der Waals surface area (Å²) in [5.41, 5.74) is 10.6. The molecule has 0 fully saturated rings. The Kier molecular flexibility index (Phi) is 3.12. The van der Waals surface area contributed by atoms with Crippen LogP contribution in [-0.4, -0.2) is 0 Å². The Morgan fingerprint density at radius 3 is 3.00 bits per heavy atom. The predicted molar refractivity (Wildman–Crippen MR) is 68.4 cm³/mol. The zero-order valence-electron chi connectivity index (χ0n) is 8.52. The molecule has 2 rings (SSSR count). The Morgan fingerprint density at radius 1 is 1.50 bits per heavy atom. The molecule has 0 heterocycles. The lowest BCUT2D eigenvalue weighted by atomic mass is 9.84. The van der Waals surface area contributed by atoms with E-state index in [-0.39, 0.29) is 6.04 Å². The fraction of sp³-hybridized carbons (Fsp3) is 0.500. The molecule has 2 N–H and O–H groups in total. The first kappa shape index (κ1) is 10.4. The average Bonchev–Trinajstić information content (AvgIpc) is 2.19. The predicted octanol–water partition coefficient (Wildman–Crippen LogP) is 3.19. The maximum Gasteiger partial charge on any atom is 0.0300 e. The molecular formula is C12H16IN. The van der Waals surface area contributed by atoms with E-state index in [2.05, 4.69) is 41.6 Å². The molecule has 76 valence electrons. The second-order valence-corrected chi connectivity index (χ2v) is 5.11. The normalized spacial score (nSPS) is 20.6. The van der Waals surface area contributed by atoms with Gasteiger partial charge < -0.3 is 5.73 Å². The number of benzene rings is 1. The van der Waals surface area contributed by atoms with Crippen LogP contribution in [0.15, 0.2) is 12.1 Å². The Balaban J connectivity index is 2.57. The van der Waals surface area contributed by atoms with Crippen molar-refractivity contribution in [2.45, 2.75) is 38.6 Å². The van der Waals surface area contributed by atoms with Crippen LogP contribution in [0.4, 0.5) is 0 Å². The van der Waals surface area contributed by atoms with Gasteiger partial charge in [0.2, 0.25) is 0 Å². The molecule has 1 atom stereocenters. The quantitative estimate of drug-likeness (QED) is 0.792. The van der Waals surface area contributed by atoms with Crippen molar-refractivity contribution in [2.24, 2.45) is 5.73 Å². The second kappa shape index (κ2) is 4.19. The maximum atomic E-state index is 6.19. The summed E-state index contributed by atoms with van der Waals surface area (Å²) in [6, 6.07) is 4.77. The van der Waals surface area contributed by atoms with Crippen LogP contribution in [0, 0.1) is 3.57 Å². The summed E-state index contributed by atoms with van der Waals surface area (Å²) < 4.78 is 1.38. The standard InChI is InChI=1S/C12H16IN/c1-2-9-10(13)7-6-8-4-3-5-11(14)12(8)9/h6-7,11H,2-5,14H2,1H3/t11-/m0/s1. The molecule has 1 nitrogen and oxygen atoms in total. The Morgan fingerprint density at radius 2 is 2.29 bits per heavy atom. The molecule has 0 aromatic heterocycles. The van der Waals surface area contributed by atoms with E-state index in [4.69, 9.17) is 5.73 Å². The van der Waals surface area contributed by atoms with Crippen molar-refractivity contribution in [3.05, 3.63) is 32.4 Å². The minimum atomic E-state index is 0.281. The molecule has 1 aliphatic rings. The third kappa shape index (κ3) is 1.70. The summed E-state index contributed by atoms with van der Waals surface area (Å²) in [6.07, 6.45) is 4.72. The zero-order valence-corrected chi connectivity index (χ0v) is 10.7. The van der Waals surface area contributed by atoms with E-state index in [1.807, 2.05) is 0 Å². The van der Waals surface area contributed by atoms with Crippen molar-refractivity contribution in [2.75, 3.05) is 0 Å². The van der Waals surface area contributed by atoms with Gasteiger partial charge in [-0.3, -0.25) is 0 Å². The van der Waals surface area contributed by atoms with Crippen LogP contribution < -0.4 is 5.73 Å². The molecule has 0 amide bonds. The molecule has 0 unspecified atom stereocenters. The van der Waals surface area contributed by atoms with Gasteiger partial charge >= 0.3 is 0 Å². The molecular weight excluding hydrogens is 285 g/mol. The minimum Gasteiger partial charge on any atom is -0.324 e. The van der Waals surface area contributed by atoms with Crippen LogP contribution in [0.3, 0.4) is 0 Å². The van der Waals surface area contributed by atoms with Crippen LogP contribution in [0.5, 0.6) is 0 Å². The Hall–Kier alpha value is -0.0900. The number of fused-ring (bicyclic) bond motifs is 1. The first-order chi connectivity index (χ1) is 6.74. The van der Waals surface area contributed by atoms with Crippen molar-refractivity contribution >= 4 is 22.6 Å². The first-order valence-corrected chi connectivity index (χ1v) is 6.37. The highest BCUT2D eigenvalue weighted by molar-refractivity contribution is 14.1. The molecule has 0 saturated heterocycles. The monoisotopic (exact) mass is 301 g/mol. The summed E-state index contributed by atoms with van der Waals surface area (Å²) >= 11 is 2.42. The van der Waals surface area contributed by atoms with Gasteiger partial charge in [0.25, 0.3) is 0 Å². The van der Waals surface area contributed by atoms with Crippen molar-refractivity contribution in [1.29, 1.82) is 0 Å². The number of rotatable bonds is 1. The fourth-order valence-electron chi connectivity index (χ4n) is 2.38. The van der Waals surface area contributed by atoms with E-state index in [0.717, 1.165) is 12.8 Å². The van der Waals surface area contributed by atoms with Crippen LogP contribution >= 0.6 is 22.6 Å².